The van der Waals surface area contributed by atoms with Crippen molar-refractivity contribution in [3.8, 4) is 0 Å². The topological polar surface area (TPSA) is 12.0 Å². The van der Waals surface area contributed by atoms with Crippen LogP contribution in [0.5, 0.6) is 0 Å². The van der Waals surface area contributed by atoms with Crippen LogP contribution in [-0.4, -0.2) is 6.04 Å². The van der Waals surface area contributed by atoms with E-state index in [1.807, 2.05) is 6.07 Å². The summed E-state index contributed by atoms with van der Waals surface area (Å²) >= 11 is 5.03. The number of halogens is 2. The van der Waals surface area contributed by atoms with E-state index >= 15 is 0 Å². The van der Waals surface area contributed by atoms with Gasteiger partial charge in [0, 0.05) is 23.2 Å². The molecule has 0 heterocycles. The van der Waals surface area contributed by atoms with Crippen molar-refractivity contribution in [3.05, 3.63) is 63.9 Å². The molecule has 1 aliphatic rings. The van der Waals surface area contributed by atoms with Gasteiger partial charge in [0.25, 0.3) is 0 Å². The highest BCUT2D eigenvalue weighted by Crippen LogP contribution is 2.28. The van der Waals surface area contributed by atoms with Crippen LogP contribution in [0.1, 0.15) is 24.0 Å². The van der Waals surface area contributed by atoms with Gasteiger partial charge in [0.05, 0.1) is 4.47 Å². The first-order valence-corrected chi connectivity index (χ1v) is 8.88. The molecular formula is C17H17BrFNS. The number of rotatable bonds is 6. The zero-order valence-electron chi connectivity index (χ0n) is 11.6. The summed E-state index contributed by atoms with van der Waals surface area (Å²) in [5, 5.41) is 3.51. The Balaban J connectivity index is 1.56. The summed E-state index contributed by atoms with van der Waals surface area (Å²) in [6.45, 7) is 0.949. The van der Waals surface area contributed by atoms with Crippen molar-refractivity contribution in [2.75, 3.05) is 0 Å². The molecule has 2 aromatic rings. The van der Waals surface area contributed by atoms with Crippen LogP contribution in [0.2, 0.25) is 0 Å². The van der Waals surface area contributed by atoms with Gasteiger partial charge in [-0.15, -0.1) is 11.8 Å². The summed E-state index contributed by atoms with van der Waals surface area (Å²) in [4.78, 5) is 1.21. The molecule has 0 radical (unpaired) electrons. The van der Waals surface area contributed by atoms with E-state index in [-0.39, 0.29) is 5.82 Å². The van der Waals surface area contributed by atoms with Gasteiger partial charge in [0.15, 0.2) is 0 Å². The van der Waals surface area contributed by atoms with Crippen LogP contribution in [0, 0.1) is 5.82 Å². The second kappa shape index (κ2) is 6.95. The van der Waals surface area contributed by atoms with Crippen LogP contribution in [0.15, 0.2) is 51.8 Å². The molecule has 1 nitrogen and oxygen atoms in total. The maximum absolute atomic E-state index is 13.4. The standard InChI is InChI=1S/C17H17BrFNS/c18-17-13(2-1-3-16(17)19)11-21-15-8-4-12(5-9-15)10-20-14-6-7-14/h1-5,8-9,14,20H,6-7,10-11H2. The third kappa shape index (κ3) is 4.31. The van der Waals surface area contributed by atoms with Gasteiger partial charge in [0.1, 0.15) is 5.82 Å². The molecule has 1 aliphatic carbocycles. The second-order valence-electron chi connectivity index (χ2n) is 5.30. The summed E-state index contributed by atoms with van der Waals surface area (Å²) in [5.41, 5.74) is 2.30. The number of hydrogen-bond donors (Lipinski definition) is 1. The summed E-state index contributed by atoms with van der Waals surface area (Å²) in [7, 11) is 0. The van der Waals surface area contributed by atoms with E-state index in [1.54, 1.807) is 17.8 Å². The molecule has 4 heteroatoms. The molecule has 110 valence electrons. The highest BCUT2D eigenvalue weighted by Gasteiger charge is 2.19. The Morgan fingerprint density at radius 1 is 1.14 bits per heavy atom. The van der Waals surface area contributed by atoms with Crippen LogP contribution >= 0.6 is 27.7 Å². The first-order valence-electron chi connectivity index (χ1n) is 7.10. The van der Waals surface area contributed by atoms with Crippen LogP contribution in [0.25, 0.3) is 0 Å². The van der Waals surface area contributed by atoms with Gasteiger partial charge in [-0.2, -0.15) is 0 Å². The van der Waals surface area contributed by atoms with Crippen molar-refractivity contribution in [1.82, 2.24) is 5.32 Å². The molecule has 1 N–H and O–H groups in total. The Bertz CT molecular complexity index is 611. The predicted octanol–water partition coefficient (Wildman–Crippen LogP) is 5.13. The lowest BCUT2D eigenvalue weighted by atomic mass is 10.2. The normalized spacial score (nSPS) is 14.4. The molecule has 0 atom stereocenters. The Labute approximate surface area is 137 Å². The second-order valence-corrected chi connectivity index (χ2v) is 7.14. The average Bonchev–Trinajstić information content (AvgIpc) is 3.32. The zero-order chi connectivity index (χ0) is 14.7. The number of hydrogen-bond acceptors (Lipinski definition) is 2. The monoisotopic (exact) mass is 365 g/mol. The largest absolute Gasteiger partial charge is 0.310 e. The molecule has 0 aliphatic heterocycles. The average molecular weight is 366 g/mol. The van der Waals surface area contributed by atoms with Gasteiger partial charge in [0.2, 0.25) is 0 Å². The fraction of sp³-hybridized carbons (Fsp3) is 0.294. The molecule has 1 fully saturated rings. The summed E-state index contributed by atoms with van der Waals surface area (Å²) in [5.74, 6) is 0.562. The van der Waals surface area contributed by atoms with Gasteiger partial charge in [-0.3, -0.25) is 0 Å². The fourth-order valence-corrected chi connectivity index (χ4v) is 3.56. The first kappa shape index (κ1) is 15.1. The predicted molar refractivity (Wildman–Crippen MR) is 90.0 cm³/mol. The lowest BCUT2D eigenvalue weighted by Crippen LogP contribution is -2.14. The molecule has 0 unspecified atom stereocenters. The van der Waals surface area contributed by atoms with Gasteiger partial charge < -0.3 is 5.32 Å². The van der Waals surface area contributed by atoms with Crippen LogP contribution < -0.4 is 5.32 Å². The maximum Gasteiger partial charge on any atom is 0.137 e. The van der Waals surface area contributed by atoms with Crippen molar-refractivity contribution in [2.45, 2.75) is 36.1 Å². The molecule has 21 heavy (non-hydrogen) atoms. The molecule has 0 bridgehead atoms. The van der Waals surface area contributed by atoms with Crippen LogP contribution in [0.4, 0.5) is 4.39 Å². The SMILES string of the molecule is Fc1cccc(CSc2ccc(CNC3CC3)cc2)c1Br. The Morgan fingerprint density at radius 2 is 1.90 bits per heavy atom. The third-order valence-corrected chi connectivity index (χ3v) is 5.47. The van der Waals surface area contributed by atoms with E-state index in [2.05, 4.69) is 45.5 Å². The molecule has 3 rings (SSSR count). The summed E-state index contributed by atoms with van der Waals surface area (Å²) in [6.07, 6.45) is 2.63. The number of thioether (sulfide) groups is 1. The summed E-state index contributed by atoms with van der Waals surface area (Å²) < 4.78 is 14.0. The van der Waals surface area contributed by atoms with E-state index in [9.17, 15) is 4.39 Å². The molecular weight excluding hydrogens is 349 g/mol. The van der Waals surface area contributed by atoms with E-state index in [0.717, 1.165) is 23.9 Å². The maximum atomic E-state index is 13.4. The van der Waals surface area contributed by atoms with Gasteiger partial charge in [-0.1, -0.05) is 24.3 Å². The van der Waals surface area contributed by atoms with Crippen LogP contribution in [0.3, 0.4) is 0 Å². The van der Waals surface area contributed by atoms with Crippen molar-refractivity contribution >= 4 is 27.7 Å². The molecule has 0 aromatic heterocycles. The third-order valence-electron chi connectivity index (χ3n) is 3.52. The van der Waals surface area contributed by atoms with Crippen molar-refractivity contribution in [2.24, 2.45) is 0 Å². The highest BCUT2D eigenvalue weighted by atomic mass is 79.9. The summed E-state index contributed by atoms with van der Waals surface area (Å²) in [6, 6.07) is 14.5. The van der Waals surface area contributed by atoms with Crippen molar-refractivity contribution < 1.29 is 4.39 Å². The van der Waals surface area contributed by atoms with E-state index < -0.39 is 0 Å². The van der Waals surface area contributed by atoms with Gasteiger partial charge >= 0.3 is 0 Å². The van der Waals surface area contributed by atoms with Crippen molar-refractivity contribution in [3.63, 3.8) is 0 Å². The van der Waals surface area contributed by atoms with E-state index in [4.69, 9.17) is 0 Å². The van der Waals surface area contributed by atoms with Gasteiger partial charge in [-0.05, 0) is 58.1 Å². The lowest BCUT2D eigenvalue weighted by molar-refractivity contribution is 0.619. The minimum Gasteiger partial charge on any atom is -0.310 e. The minimum atomic E-state index is -0.199. The smallest absolute Gasteiger partial charge is 0.137 e. The van der Waals surface area contributed by atoms with Crippen molar-refractivity contribution in [1.29, 1.82) is 0 Å². The molecule has 0 amide bonds. The molecule has 2 aromatic carbocycles. The van der Waals surface area contributed by atoms with Crippen LogP contribution in [-0.2, 0) is 12.3 Å². The first-order chi connectivity index (χ1) is 10.2. The minimum absolute atomic E-state index is 0.199. The Hall–Kier alpha value is -0.840. The zero-order valence-corrected chi connectivity index (χ0v) is 14.0. The number of nitrogens with one attached hydrogen (secondary N) is 1. The van der Waals surface area contributed by atoms with E-state index in [1.165, 1.54) is 29.4 Å². The van der Waals surface area contributed by atoms with E-state index in [0.29, 0.717) is 4.47 Å². The molecule has 1 saturated carbocycles. The fourth-order valence-electron chi connectivity index (χ4n) is 2.07. The molecule has 0 saturated heterocycles. The lowest BCUT2D eigenvalue weighted by Gasteiger charge is -2.07. The quantitative estimate of drug-likeness (QED) is 0.711. The number of benzene rings is 2. The molecule has 0 spiro atoms. The Kier molecular flexibility index (Phi) is 4.99. The highest BCUT2D eigenvalue weighted by molar-refractivity contribution is 9.10. The Morgan fingerprint density at radius 3 is 2.62 bits per heavy atom. The van der Waals surface area contributed by atoms with Gasteiger partial charge in [-0.25, -0.2) is 4.39 Å².